The molecule has 3 aromatic rings. The van der Waals surface area contributed by atoms with Crippen LogP contribution in [0.15, 0.2) is 41.6 Å². The molecule has 2 aromatic heterocycles. The second kappa shape index (κ2) is 9.18. The van der Waals surface area contributed by atoms with Crippen molar-refractivity contribution in [2.45, 2.75) is 50.7 Å². The topological polar surface area (TPSA) is 61.9 Å². The summed E-state index contributed by atoms with van der Waals surface area (Å²) in [4.78, 5) is 13.0. The second-order valence-electron chi connectivity index (χ2n) is 7.78. The third-order valence-corrected chi connectivity index (χ3v) is 6.48. The summed E-state index contributed by atoms with van der Waals surface area (Å²) in [6.45, 7) is 5.65. The molecule has 0 aliphatic heterocycles. The number of hydrogen-bond donors (Lipinski definition) is 0. The largest absolute Gasteiger partial charge is 0.385 e. The molecule has 0 saturated heterocycles. The van der Waals surface area contributed by atoms with Gasteiger partial charge in [-0.3, -0.25) is 9.36 Å². The first-order chi connectivity index (χ1) is 14.6. The van der Waals surface area contributed by atoms with E-state index >= 15 is 0 Å². The second-order valence-corrected chi connectivity index (χ2v) is 8.72. The predicted octanol–water partition coefficient (Wildman–Crippen LogP) is 4.57. The van der Waals surface area contributed by atoms with Crippen LogP contribution in [0.2, 0.25) is 0 Å². The maximum absolute atomic E-state index is 13.0. The highest BCUT2D eigenvalue weighted by Crippen LogP contribution is 2.41. The van der Waals surface area contributed by atoms with Gasteiger partial charge in [0, 0.05) is 48.8 Å². The number of ketones is 1. The van der Waals surface area contributed by atoms with Crippen LogP contribution in [0.4, 0.5) is 0 Å². The van der Waals surface area contributed by atoms with Gasteiger partial charge in [0.15, 0.2) is 10.9 Å². The van der Waals surface area contributed by atoms with Gasteiger partial charge in [-0.2, -0.15) is 0 Å². The van der Waals surface area contributed by atoms with Crippen molar-refractivity contribution >= 4 is 17.5 Å². The number of methoxy groups -OCH3 is 1. The molecule has 158 valence electrons. The fourth-order valence-electron chi connectivity index (χ4n) is 3.80. The summed E-state index contributed by atoms with van der Waals surface area (Å²) in [5, 5.41) is 9.65. The van der Waals surface area contributed by atoms with Crippen LogP contribution in [0.25, 0.3) is 5.69 Å². The van der Waals surface area contributed by atoms with Gasteiger partial charge in [-0.25, -0.2) is 0 Å². The predicted molar refractivity (Wildman–Crippen MR) is 119 cm³/mol. The molecule has 4 rings (SSSR count). The first-order valence-corrected chi connectivity index (χ1v) is 11.4. The zero-order valence-electron chi connectivity index (χ0n) is 17.8. The Labute approximate surface area is 181 Å². The highest BCUT2D eigenvalue weighted by Gasteiger charge is 2.31. The quantitative estimate of drug-likeness (QED) is 0.271. The van der Waals surface area contributed by atoms with Crippen LogP contribution >= 0.6 is 11.8 Å². The molecule has 1 fully saturated rings. The van der Waals surface area contributed by atoms with Crippen LogP contribution in [0.5, 0.6) is 0 Å². The van der Waals surface area contributed by atoms with E-state index in [9.17, 15) is 4.79 Å². The maximum Gasteiger partial charge on any atom is 0.196 e. The Morgan fingerprint density at radius 3 is 2.67 bits per heavy atom. The number of thioether (sulfide) groups is 1. The monoisotopic (exact) mass is 424 g/mol. The van der Waals surface area contributed by atoms with Gasteiger partial charge in [-0.15, -0.1) is 10.2 Å². The van der Waals surface area contributed by atoms with Crippen molar-refractivity contribution in [1.82, 2.24) is 19.3 Å². The summed E-state index contributed by atoms with van der Waals surface area (Å²) in [6, 6.07) is 12.2. The molecule has 0 N–H and O–H groups in total. The number of aryl methyl sites for hydroxylation is 1. The van der Waals surface area contributed by atoms with Gasteiger partial charge in [-0.1, -0.05) is 30.0 Å². The van der Waals surface area contributed by atoms with Crippen molar-refractivity contribution in [3.05, 3.63) is 59.2 Å². The van der Waals surface area contributed by atoms with Gasteiger partial charge in [0.05, 0.1) is 5.75 Å². The Bertz CT molecular complexity index is 1020. The van der Waals surface area contributed by atoms with E-state index in [0.29, 0.717) is 18.3 Å². The molecule has 1 aromatic carbocycles. The molecule has 0 spiro atoms. The van der Waals surface area contributed by atoms with Gasteiger partial charge < -0.3 is 9.30 Å². The van der Waals surface area contributed by atoms with Crippen LogP contribution in [-0.4, -0.2) is 44.6 Å². The summed E-state index contributed by atoms with van der Waals surface area (Å²) in [5.41, 5.74) is 3.99. The minimum atomic E-state index is 0.127. The van der Waals surface area contributed by atoms with E-state index in [2.05, 4.69) is 38.4 Å². The van der Waals surface area contributed by atoms with Crippen LogP contribution in [0.1, 0.15) is 52.8 Å². The molecule has 7 heteroatoms. The molecule has 1 aliphatic carbocycles. The minimum absolute atomic E-state index is 0.127. The average Bonchev–Trinajstić information content (AvgIpc) is 3.45. The Hall–Kier alpha value is -2.38. The van der Waals surface area contributed by atoms with Gasteiger partial charge in [-0.05, 0) is 51.3 Å². The van der Waals surface area contributed by atoms with E-state index in [4.69, 9.17) is 4.74 Å². The molecule has 6 nitrogen and oxygen atoms in total. The number of rotatable bonds is 10. The Balaban J connectivity index is 1.51. The minimum Gasteiger partial charge on any atom is -0.385 e. The van der Waals surface area contributed by atoms with Gasteiger partial charge in [0.2, 0.25) is 0 Å². The first-order valence-electron chi connectivity index (χ1n) is 10.4. The van der Waals surface area contributed by atoms with E-state index in [-0.39, 0.29) is 5.78 Å². The van der Waals surface area contributed by atoms with Crippen LogP contribution in [0.3, 0.4) is 0 Å². The number of nitrogens with zero attached hydrogens (tertiary/aromatic N) is 4. The number of ether oxygens (including phenoxy) is 1. The maximum atomic E-state index is 13.0. The molecule has 30 heavy (non-hydrogen) atoms. The SMILES string of the molecule is COCCCn1c(C)cc(C(=O)CSc2nnc(C3CC3)n2-c2ccccc2)c1C. The third kappa shape index (κ3) is 4.37. The molecule has 2 heterocycles. The molecule has 0 radical (unpaired) electrons. The van der Waals surface area contributed by atoms with E-state index in [1.54, 1.807) is 7.11 Å². The number of aromatic nitrogens is 4. The molecule has 0 bridgehead atoms. The van der Waals surface area contributed by atoms with Gasteiger partial charge in [0.1, 0.15) is 5.82 Å². The normalized spacial score (nSPS) is 13.7. The summed E-state index contributed by atoms with van der Waals surface area (Å²) in [6.07, 6.45) is 3.24. The van der Waals surface area contributed by atoms with E-state index in [1.165, 1.54) is 11.8 Å². The fraction of sp³-hybridized carbons (Fsp3) is 0.435. The zero-order valence-corrected chi connectivity index (χ0v) is 18.6. The summed E-state index contributed by atoms with van der Waals surface area (Å²) in [5.74, 6) is 1.96. The van der Waals surface area contributed by atoms with Crippen molar-refractivity contribution in [3.8, 4) is 5.69 Å². The lowest BCUT2D eigenvalue weighted by Crippen LogP contribution is -2.09. The van der Waals surface area contributed by atoms with Crippen LogP contribution in [0, 0.1) is 13.8 Å². The molecule has 0 atom stereocenters. The molecule has 0 unspecified atom stereocenters. The highest BCUT2D eigenvalue weighted by atomic mass is 32.2. The van der Waals surface area contributed by atoms with E-state index in [0.717, 1.165) is 59.4 Å². The first kappa shape index (κ1) is 20.9. The smallest absolute Gasteiger partial charge is 0.196 e. The number of hydrogen-bond acceptors (Lipinski definition) is 5. The Kier molecular flexibility index (Phi) is 6.39. The van der Waals surface area contributed by atoms with Crippen molar-refractivity contribution in [2.24, 2.45) is 0 Å². The molecular formula is C23H28N4O2S. The van der Waals surface area contributed by atoms with E-state index < -0.39 is 0 Å². The van der Waals surface area contributed by atoms with Crippen molar-refractivity contribution in [1.29, 1.82) is 0 Å². The molecule has 0 amide bonds. The summed E-state index contributed by atoms with van der Waals surface area (Å²) < 4.78 is 9.47. The fourth-order valence-corrected chi connectivity index (χ4v) is 4.65. The Morgan fingerprint density at radius 1 is 1.20 bits per heavy atom. The zero-order chi connectivity index (χ0) is 21.1. The molecule has 1 aliphatic rings. The van der Waals surface area contributed by atoms with E-state index in [1.807, 2.05) is 31.2 Å². The number of benzene rings is 1. The molecular weight excluding hydrogens is 396 g/mol. The number of carbonyl (C=O) groups excluding carboxylic acids is 1. The van der Waals surface area contributed by atoms with Crippen LogP contribution in [-0.2, 0) is 11.3 Å². The lowest BCUT2D eigenvalue weighted by molar-refractivity contribution is 0.102. The van der Waals surface area contributed by atoms with Crippen molar-refractivity contribution in [3.63, 3.8) is 0 Å². The number of carbonyl (C=O) groups is 1. The average molecular weight is 425 g/mol. The van der Waals surface area contributed by atoms with Gasteiger partial charge in [0.25, 0.3) is 0 Å². The standard InChI is InChI=1S/C23H28N4O2S/c1-16-14-20(17(2)26(16)12-7-13-29-3)21(28)15-30-23-25-24-22(18-10-11-18)27(23)19-8-5-4-6-9-19/h4-6,8-9,14,18H,7,10-13,15H2,1-3H3. The lowest BCUT2D eigenvalue weighted by Gasteiger charge is -2.10. The van der Waals surface area contributed by atoms with Gasteiger partial charge >= 0.3 is 0 Å². The van der Waals surface area contributed by atoms with Crippen molar-refractivity contribution in [2.75, 3.05) is 19.5 Å². The van der Waals surface area contributed by atoms with Crippen LogP contribution < -0.4 is 0 Å². The number of para-hydroxylation sites is 1. The highest BCUT2D eigenvalue weighted by molar-refractivity contribution is 7.99. The molecule has 1 saturated carbocycles. The van der Waals surface area contributed by atoms with Crippen molar-refractivity contribution < 1.29 is 9.53 Å². The summed E-state index contributed by atoms with van der Waals surface area (Å²) in [7, 11) is 1.71. The lowest BCUT2D eigenvalue weighted by atomic mass is 10.2. The Morgan fingerprint density at radius 2 is 1.97 bits per heavy atom. The third-order valence-electron chi connectivity index (χ3n) is 5.55. The number of Topliss-reactive ketones (excluding diaryl/α,β-unsaturated/α-hetero) is 1. The summed E-state index contributed by atoms with van der Waals surface area (Å²) >= 11 is 1.47.